The molecule has 1 N–H and O–H groups in total. The van der Waals surface area contributed by atoms with Crippen molar-refractivity contribution in [2.24, 2.45) is 0 Å². The number of esters is 1. The Hall–Kier alpha value is -3.82. The lowest BCUT2D eigenvalue weighted by atomic mass is 10.2. The Morgan fingerprint density at radius 3 is 2.57 bits per heavy atom. The van der Waals surface area contributed by atoms with Crippen molar-refractivity contribution in [2.75, 3.05) is 13.7 Å². The maximum atomic E-state index is 12.3. The van der Waals surface area contributed by atoms with Gasteiger partial charge in [-0.25, -0.2) is 14.3 Å². The number of nitrogens with zero attached hydrogens (tertiary/aromatic N) is 4. The molecule has 3 aromatic rings. The van der Waals surface area contributed by atoms with E-state index in [9.17, 15) is 14.4 Å². The number of nitrogens with one attached hydrogen (secondary N) is 1. The maximum Gasteiger partial charge on any atom is 0.342 e. The molecule has 0 saturated carbocycles. The van der Waals surface area contributed by atoms with Crippen LogP contribution in [0.3, 0.4) is 0 Å². The van der Waals surface area contributed by atoms with E-state index in [2.05, 4.69) is 20.4 Å². The number of aromatic nitrogens is 4. The Kier molecular flexibility index (Phi) is 5.58. The molecule has 0 aliphatic heterocycles. The van der Waals surface area contributed by atoms with Gasteiger partial charge in [0, 0.05) is 11.8 Å². The van der Waals surface area contributed by atoms with E-state index in [4.69, 9.17) is 9.47 Å². The fourth-order valence-corrected chi connectivity index (χ4v) is 2.52. The smallest absolute Gasteiger partial charge is 0.342 e. The van der Waals surface area contributed by atoms with Gasteiger partial charge in [0.1, 0.15) is 12.1 Å². The SMILES string of the molecule is CCc1c(C(=O)OCC(=O)NC(=O)c2ccc(OC)cc2)cnc2ncnn12. The highest BCUT2D eigenvalue weighted by molar-refractivity contribution is 6.05. The number of benzene rings is 1. The fourth-order valence-electron chi connectivity index (χ4n) is 2.52. The molecule has 0 bridgehead atoms. The normalized spacial score (nSPS) is 10.5. The van der Waals surface area contributed by atoms with Crippen LogP contribution < -0.4 is 10.1 Å². The summed E-state index contributed by atoms with van der Waals surface area (Å²) in [5.74, 6) is -1.16. The molecule has 10 nitrogen and oxygen atoms in total. The number of rotatable bonds is 6. The summed E-state index contributed by atoms with van der Waals surface area (Å²) in [6, 6.07) is 6.22. The van der Waals surface area contributed by atoms with Gasteiger partial charge in [-0.05, 0) is 30.7 Å². The zero-order valence-electron chi connectivity index (χ0n) is 15.2. The summed E-state index contributed by atoms with van der Waals surface area (Å²) in [6.45, 7) is 1.23. The molecule has 2 heterocycles. The van der Waals surface area contributed by atoms with Crippen LogP contribution in [-0.2, 0) is 16.0 Å². The molecule has 0 fully saturated rings. The van der Waals surface area contributed by atoms with Gasteiger partial charge in [0.25, 0.3) is 17.6 Å². The van der Waals surface area contributed by atoms with Crippen molar-refractivity contribution in [3.05, 3.63) is 53.6 Å². The predicted octanol–water partition coefficient (Wildman–Crippen LogP) is 0.809. The number of methoxy groups -OCH3 is 1. The lowest BCUT2D eigenvalue weighted by molar-refractivity contribution is -0.123. The zero-order chi connectivity index (χ0) is 20.1. The Morgan fingerprint density at radius 1 is 1.14 bits per heavy atom. The summed E-state index contributed by atoms with van der Waals surface area (Å²) in [7, 11) is 1.51. The van der Waals surface area contributed by atoms with Gasteiger partial charge in [-0.2, -0.15) is 10.1 Å². The summed E-state index contributed by atoms with van der Waals surface area (Å²) < 4.78 is 11.4. The molecule has 0 radical (unpaired) electrons. The van der Waals surface area contributed by atoms with Crippen LogP contribution in [0.2, 0.25) is 0 Å². The third-order valence-corrected chi connectivity index (χ3v) is 3.90. The number of ether oxygens (including phenoxy) is 2. The first-order chi connectivity index (χ1) is 13.5. The van der Waals surface area contributed by atoms with Gasteiger partial charge in [0.05, 0.1) is 18.4 Å². The number of hydrogen-bond acceptors (Lipinski definition) is 8. The molecule has 3 rings (SSSR count). The third-order valence-electron chi connectivity index (χ3n) is 3.90. The molecule has 2 amide bonds. The minimum atomic E-state index is -0.748. The lowest BCUT2D eigenvalue weighted by Crippen LogP contribution is -2.34. The number of hydrogen-bond donors (Lipinski definition) is 1. The molecular weight excluding hydrogens is 366 g/mol. The molecule has 0 atom stereocenters. The average Bonchev–Trinajstić information content (AvgIpc) is 3.20. The van der Waals surface area contributed by atoms with E-state index in [-0.39, 0.29) is 11.1 Å². The third kappa shape index (κ3) is 3.95. The van der Waals surface area contributed by atoms with Crippen LogP contribution in [0, 0.1) is 0 Å². The molecule has 10 heteroatoms. The topological polar surface area (TPSA) is 125 Å². The van der Waals surface area contributed by atoms with E-state index < -0.39 is 24.4 Å². The highest BCUT2D eigenvalue weighted by Crippen LogP contribution is 2.12. The van der Waals surface area contributed by atoms with Gasteiger partial charge in [-0.1, -0.05) is 6.92 Å². The number of imide groups is 1. The summed E-state index contributed by atoms with van der Waals surface area (Å²) in [5, 5.41) is 6.17. The Morgan fingerprint density at radius 2 is 1.89 bits per heavy atom. The van der Waals surface area contributed by atoms with E-state index in [1.54, 1.807) is 12.1 Å². The second-order valence-corrected chi connectivity index (χ2v) is 5.63. The van der Waals surface area contributed by atoms with E-state index >= 15 is 0 Å². The first kappa shape index (κ1) is 19.0. The van der Waals surface area contributed by atoms with Crippen molar-refractivity contribution in [3.63, 3.8) is 0 Å². The molecule has 0 aliphatic carbocycles. The Balaban J connectivity index is 1.61. The minimum absolute atomic E-state index is 0.176. The Bertz CT molecular complexity index is 1030. The maximum absolute atomic E-state index is 12.3. The number of carbonyl (C=O) groups excluding carboxylic acids is 3. The average molecular weight is 383 g/mol. The summed E-state index contributed by atoms with van der Waals surface area (Å²) in [6.07, 6.45) is 3.13. The van der Waals surface area contributed by atoms with Crippen molar-refractivity contribution in [1.29, 1.82) is 0 Å². The zero-order valence-corrected chi connectivity index (χ0v) is 15.2. The number of amides is 2. The van der Waals surface area contributed by atoms with Crippen LogP contribution in [0.1, 0.15) is 33.3 Å². The van der Waals surface area contributed by atoms with E-state index in [1.165, 1.54) is 36.3 Å². The number of carbonyl (C=O) groups is 3. The molecule has 0 spiro atoms. The van der Waals surface area contributed by atoms with Gasteiger partial charge in [0.2, 0.25) is 0 Å². The van der Waals surface area contributed by atoms with Crippen molar-refractivity contribution in [2.45, 2.75) is 13.3 Å². The van der Waals surface area contributed by atoms with Gasteiger partial charge in [-0.3, -0.25) is 14.9 Å². The summed E-state index contributed by atoms with van der Waals surface area (Å²) in [4.78, 5) is 44.3. The van der Waals surface area contributed by atoms with Crippen molar-refractivity contribution < 1.29 is 23.9 Å². The van der Waals surface area contributed by atoms with Crippen LogP contribution in [0.15, 0.2) is 36.8 Å². The van der Waals surface area contributed by atoms with Gasteiger partial charge < -0.3 is 9.47 Å². The van der Waals surface area contributed by atoms with Crippen molar-refractivity contribution >= 4 is 23.6 Å². The van der Waals surface area contributed by atoms with Crippen LogP contribution >= 0.6 is 0 Å². The standard InChI is InChI=1S/C18H17N5O5/c1-3-14-13(8-19-18-20-10-21-23(14)18)17(26)28-9-15(24)22-16(25)11-4-6-12(27-2)7-5-11/h4-8,10H,3,9H2,1-2H3,(H,22,24,25). The highest BCUT2D eigenvalue weighted by atomic mass is 16.5. The molecule has 144 valence electrons. The minimum Gasteiger partial charge on any atom is -0.497 e. The van der Waals surface area contributed by atoms with Crippen LogP contribution in [0.5, 0.6) is 5.75 Å². The molecular formula is C18H17N5O5. The second kappa shape index (κ2) is 8.25. The summed E-state index contributed by atoms with van der Waals surface area (Å²) >= 11 is 0. The largest absolute Gasteiger partial charge is 0.497 e. The van der Waals surface area contributed by atoms with Crippen LogP contribution in [0.25, 0.3) is 5.78 Å². The molecule has 1 aromatic carbocycles. The van der Waals surface area contributed by atoms with Gasteiger partial charge in [0.15, 0.2) is 6.61 Å². The van der Waals surface area contributed by atoms with Gasteiger partial charge >= 0.3 is 5.97 Å². The molecule has 0 saturated heterocycles. The molecule has 28 heavy (non-hydrogen) atoms. The Labute approximate surface area is 159 Å². The van der Waals surface area contributed by atoms with Crippen molar-refractivity contribution in [3.8, 4) is 5.75 Å². The van der Waals surface area contributed by atoms with Crippen molar-refractivity contribution in [1.82, 2.24) is 24.9 Å². The fraction of sp³-hybridized carbons (Fsp3) is 0.222. The van der Waals surface area contributed by atoms with Crippen LogP contribution in [0.4, 0.5) is 0 Å². The van der Waals surface area contributed by atoms with E-state index in [1.807, 2.05) is 6.92 Å². The molecule has 2 aromatic heterocycles. The quantitative estimate of drug-likeness (QED) is 0.620. The van der Waals surface area contributed by atoms with Gasteiger partial charge in [-0.15, -0.1) is 0 Å². The number of fused-ring (bicyclic) bond motifs is 1. The highest BCUT2D eigenvalue weighted by Gasteiger charge is 2.19. The first-order valence-corrected chi connectivity index (χ1v) is 8.36. The lowest BCUT2D eigenvalue weighted by Gasteiger charge is -2.09. The molecule has 0 unspecified atom stereocenters. The number of aryl methyl sites for hydroxylation is 1. The molecule has 0 aliphatic rings. The predicted molar refractivity (Wildman–Crippen MR) is 95.9 cm³/mol. The summed E-state index contributed by atoms with van der Waals surface area (Å²) in [5.41, 5.74) is 1.01. The van der Waals surface area contributed by atoms with E-state index in [0.29, 0.717) is 23.6 Å². The first-order valence-electron chi connectivity index (χ1n) is 8.36. The van der Waals surface area contributed by atoms with Crippen LogP contribution in [-0.4, -0.2) is 51.1 Å². The monoisotopic (exact) mass is 383 g/mol. The van der Waals surface area contributed by atoms with E-state index in [0.717, 1.165) is 0 Å². The second-order valence-electron chi connectivity index (χ2n) is 5.63.